The lowest BCUT2D eigenvalue weighted by molar-refractivity contribution is -0.384. The molecule has 1 atom stereocenters. The van der Waals surface area contributed by atoms with Crippen LogP contribution >= 0.6 is 0 Å². The summed E-state index contributed by atoms with van der Waals surface area (Å²) in [4.78, 5) is 52.7. The van der Waals surface area contributed by atoms with E-state index in [0.717, 1.165) is 11.1 Å². The third-order valence-corrected chi connectivity index (χ3v) is 6.95. The fraction of sp³-hybridized carbons (Fsp3) is 0.233. The number of nitrogens with one attached hydrogen (secondary N) is 1. The van der Waals surface area contributed by atoms with Crippen LogP contribution in [-0.4, -0.2) is 57.9 Å². The molecule has 0 saturated carbocycles. The number of benzene rings is 3. The van der Waals surface area contributed by atoms with Crippen LogP contribution < -0.4 is 5.32 Å². The highest BCUT2D eigenvalue weighted by atomic mass is 16.6. The number of nitro groups is 1. The van der Waals surface area contributed by atoms with Gasteiger partial charge in [0.25, 0.3) is 5.69 Å². The number of nitrogens with zero attached hydrogens (tertiary/aromatic N) is 3. The third kappa shape index (κ3) is 6.01. The van der Waals surface area contributed by atoms with Gasteiger partial charge in [-0.2, -0.15) is 0 Å². The average Bonchev–Trinajstić information content (AvgIpc) is 2.94. The number of urea groups is 1. The molecule has 10 heteroatoms. The van der Waals surface area contributed by atoms with E-state index >= 15 is 0 Å². The van der Waals surface area contributed by atoms with Crippen molar-refractivity contribution in [3.63, 3.8) is 0 Å². The van der Waals surface area contributed by atoms with Crippen LogP contribution in [0.1, 0.15) is 42.0 Å². The summed E-state index contributed by atoms with van der Waals surface area (Å²) in [7, 11) is 1.70. The van der Waals surface area contributed by atoms with Gasteiger partial charge in [-0.1, -0.05) is 72.8 Å². The molecule has 1 aliphatic heterocycles. The maximum Gasteiger partial charge on any atom is 0.335 e. The number of hydrogen-bond donors (Lipinski definition) is 2. The number of hydrogen-bond acceptors (Lipinski definition) is 5. The minimum atomic E-state index is -1.24. The fourth-order valence-corrected chi connectivity index (χ4v) is 5.02. The molecular weight excluding hydrogens is 512 g/mol. The Hall–Kier alpha value is -4.99. The van der Waals surface area contributed by atoms with Crippen LogP contribution in [0.25, 0.3) is 0 Å². The molecule has 4 rings (SSSR count). The molecule has 1 aliphatic rings. The summed E-state index contributed by atoms with van der Waals surface area (Å²) in [5.41, 5.74) is 1.93. The number of carbonyl (C=O) groups is 3. The summed E-state index contributed by atoms with van der Waals surface area (Å²) in [5, 5.41) is 23.9. The molecule has 0 fully saturated rings. The lowest BCUT2D eigenvalue weighted by Crippen LogP contribution is -2.49. The van der Waals surface area contributed by atoms with Crippen molar-refractivity contribution in [1.82, 2.24) is 15.1 Å². The highest BCUT2D eigenvalue weighted by molar-refractivity contribution is 5.94. The molecule has 1 unspecified atom stereocenters. The Morgan fingerprint density at radius 1 is 1.02 bits per heavy atom. The first kappa shape index (κ1) is 28.0. The van der Waals surface area contributed by atoms with Crippen LogP contribution in [0.2, 0.25) is 0 Å². The van der Waals surface area contributed by atoms with E-state index in [9.17, 15) is 29.6 Å². The summed E-state index contributed by atoms with van der Waals surface area (Å²) in [5.74, 6) is -1.86. The lowest BCUT2D eigenvalue weighted by Gasteiger charge is -2.37. The normalized spacial score (nSPS) is 15.1. The van der Waals surface area contributed by atoms with E-state index in [2.05, 4.69) is 5.32 Å². The number of nitro benzene ring substituents is 1. The molecule has 206 valence electrons. The number of rotatable bonds is 10. The van der Waals surface area contributed by atoms with Crippen LogP contribution in [0.3, 0.4) is 0 Å². The van der Waals surface area contributed by atoms with Crippen molar-refractivity contribution in [2.24, 2.45) is 0 Å². The first-order valence-electron chi connectivity index (χ1n) is 12.8. The Bertz CT molecular complexity index is 1400. The first-order valence-corrected chi connectivity index (χ1v) is 12.8. The maximum absolute atomic E-state index is 13.6. The van der Waals surface area contributed by atoms with E-state index in [1.807, 2.05) is 60.7 Å². The fourth-order valence-electron chi connectivity index (χ4n) is 5.02. The molecule has 0 radical (unpaired) electrons. The molecule has 2 N–H and O–H groups in total. The van der Waals surface area contributed by atoms with E-state index in [1.54, 1.807) is 18.0 Å². The zero-order valence-corrected chi connectivity index (χ0v) is 22.2. The predicted octanol–water partition coefficient (Wildman–Crippen LogP) is 4.70. The van der Waals surface area contributed by atoms with Gasteiger partial charge in [0, 0.05) is 38.0 Å². The van der Waals surface area contributed by atoms with Gasteiger partial charge in [-0.05, 0) is 30.0 Å². The molecule has 0 spiro atoms. The molecule has 1 heterocycles. The van der Waals surface area contributed by atoms with E-state index < -0.39 is 28.9 Å². The Morgan fingerprint density at radius 2 is 1.62 bits per heavy atom. The molecule has 3 amide bonds. The van der Waals surface area contributed by atoms with Crippen molar-refractivity contribution in [1.29, 1.82) is 0 Å². The van der Waals surface area contributed by atoms with Gasteiger partial charge in [-0.15, -0.1) is 0 Å². The van der Waals surface area contributed by atoms with E-state index in [-0.39, 0.29) is 29.4 Å². The zero-order chi connectivity index (χ0) is 28.8. The number of non-ortho nitro benzene ring substituents is 1. The SMILES string of the molecule is CC1=C(C(=O)O)C(c2cccc([N+](=O)[O-])c2)N(CCCN(C)C(=O)C(c2ccccc2)c2ccccc2)C(=O)N1. The van der Waals surface area contributed by atoms with Crippen molar-refractivity contribution in [2.45, 2.75) is 25.3 Å². The quantitative estimate of drug-likeness (QED) is 0.282. The number of allylic oxidation sites excluding steroid dienone is 1. The smallest absolute Gasteiger partial charge is 0.335 e. The van der Waals surface area contributed by atoms with Crippen LogP contribution in [-0.2, 0) is 9.59 Å². The average molecular weight is 543 g/mol. The van der Waals surface area contributed by atoms with Gasteiger partial charge in [0.1, 0.15) is 0 Å². The maximum atomic E-state index is 13.6. The van der Waals surface area contributed by atoms with E-state index in [4.69, 9.17) is 0 Å². The molecule has 0 saturated heterocycles. The van der Waals surface area contributed by atoms with Crippen molar-refractivity contribution in [3.05, 3.63) is 123 Å². The summed E-state index contributed by atoms with van der Waals surface area (Å²) in [6.07, 6.45) is 0.351. The summed E-state index contributed by atoms with van der Waals surface area (Å²) < 4.78 is 0. The largest absolute Gasteiger partial charge is 0.478 e. The molecule has 10 nitrogen and oxygen atoms in total. The van der Waals surface area contributed by atoms with E-state index in [0.29, 0.717) is 18.5 Å². The third-order valence-electron chi connectivity index (χ3n) is 6.95. The number of amides is 3. The minimum Gasteiger partial charge on any atom is -0.478 e. The molecule has 3 aromatic carbocycles. The molecule has 0 aliphatic carbocycles. The number of carboxylic acid groups (broad SMARTS) is 1. The topological polar surface area (TPSA) is 133 Å². The van der Waals surface area contributed by atoms with Gasteiger partial charge in [0.05, 0.1) is 22.5 Å². The zero-order valence-electron chi connectivity index (χ0n) is 22.2. The van der Waals surface area contributed by atoms with Crippen molar-refractivity contribution in [2.75, 3.05) is 20.1 Å². The second-order valence-electron chi connectivity index (χ2n) is 9.59. The predicted molar refractivity (Wildman–Crippen MR) is 148 cm³/mol. The molecule has 3 aromatic rings. The molecular formula is C30H30N4O6. The Balaban J connectivity index is 1.55. The molecule has 40 heavy (non-hydrogen) atoms. The highest BCUT2D eigenvalue weighted by Crippen LogP contribution is 2.35. The van der Waals surface area contributed by atoms with Gasteiger partial charge < -0.3 is 20.2 Å². The second kappa shape index (κ2) is 12.2. The van der Waals surface area contributed by atoms with Crippen molar-refractivity contribution in [3.8, 4) is 0 Å². The van der Waals surface area contributed by atoms with Crippen molar-refractivity contribution < 1.29 is 24.4 Å². The van der Waals surface area contributed by atoms with Crippen LogP contribution in [0.4, 0.5) is 10.5 Å². The first-order chi connectivity index (χ1) is 19.2. The Kier molecular flexibility index (Phi) is 8.58. The van der Waals surface area contributed by atoms with Gasteiger partial charge in [-0.25, -0.2) is 9.59 Å². The van der Waals surface area contributed by atoms with Gasteiger partial charge in [-0.3, -0.25) is 14.9 Å². The summed E-state index contributed by atoms with van der Waals surface area (Å²) >= 11 is 0. The Morgan fingerprint density at radius 3 is 2.17 bits per heavy atom. The number of carboxylic acids is 1. The highest BCUT2D eigenvalue weighted by Gasteiger charge is 2.38. The molecule has 0 bridgehead atoms. The minimum absolute atomic E-state index is 0.0715. The van der Waals surface area contributed by atoms with Gasteiger partial charge in [0.15, 0.2) is 0 Å². The number of carbonyl (C=O) groups excluding carboxylic acids is 2. The summed E-state index contributed by atoms with van der Waals surface area (Å²) in [6.45, 7) is 1.90. The molecule has 0 aromatic heterocycles. The van der Waals surface area contributed by atoms with Crippen molar-refractivity contribution >= 4 is 23.6 Å². The van der Waals surface area contributed by atoms with Gasteiger partial charge in [0.2, 0.25) is 5.91 Å². The standard InChI is InChI=1S/C30H30N4O6/c1-20-25(29(36)37)27(23-15-9-16-24(19-23)34(39)40)33(30(38)31-20)18-10-17-32(2)28(35)26(21-11-5-3-6-12-21)22-13-7-4-8-14-22/h3-9,11-16,19,26-27H,10,17-18H2,1-2H3,(H,31,38)(H,36,37). The number of aliphatic carboxylic acids is 1. The van der Waals surface area contributed by atoms with E-state index in [1.165, 1.54) is 30.0 Å². The van der Waals surface area contributed by atoms with Crippen LogP contribution in [0.15, 0.2) is 96.2 Å². The van der Waals surface area contributed by atoms with Gasteiger partial charge >= 0.3 is 12.0 Å². The summed E-state index contributed by atoms with van der Waals surface area (Å²) in [6, 6.07) is 23.0. The van der Waals surface area contributed by atoms with Crippen LogP contribution in [0.5, 0.6) is 0 Å². The monoisotopic (exact) mass is 542 g/mol. The Labute approximate surface area is 231 Å². The lowest BCUT2D eigenvalue weighted by atomic mass is 9.90. The number of likely N-dealkylation sites (N-methyl/N-ethyl adjacent to an activating group) is 1. The van der Waals surface area contributed by atoms with Crippen LogP contribution in [0, 0.1) is 10.1 Å². The second-order valence-corrected chi connectivity index (χ2v) is 9.59.